The number of nitrogens with zero attached hydrogens (tertiary/aromatic N) is 2. The number of nitrogens with one attached hydrogen (secondary N) is 2. The van der Waals surface area contributed by atoms with E-state index in [1.807, 2.05) is 83.4 Å². The second-order valence-corrected chi connectivity index (χ2v) is 14.6. The topological polar surface area (TPSA) is 109 Å². The summed E-state index contributed by atoms with van der Waals surface area (Å²) >= 11 is 0. The second-order valence-electron chi connectivity index (χ2n) is 14.6. The normalized spacial score (nSPS) is 19.1. The molecule has 2 aliphatic heterocycles. The van der Waals surface area contributed by atoms with Crippen molar-refractivity contribution in [3.63, 3.8) is 0 Å². The van der Waals surface area contributed by atoms with Crippen LogP contribution in [0.3, 0.4) is 0 Å². The Labute approximate surface area is 329 Å². The molecular formula is C44H39F5N4O5. The van der Waals surface area contributed by atoms with Gasteiger partial charge in [-0.1, -0.05) is 78.9 Å². The summed E-state index contributed by atoms with van der Waals surface area (Å²) in [5.74, 6) is -12.6. The summed E-state index contributed by atoms with van der Waals surface area (Å²) in [6.07, 6.45) is 1.10. The summed E-state index contributed by atoms with van der Waals surface area (Å²) in [5.41, 5.74) is 4.72. The molecule has 0 spiro atoms. The molecule has 0 radical (unpaired) electrons. The molecule has 3 atom stereocenters. The van der Waals surface area contributed by atoms with Crippen molar-refractivity contribution in [1.82, 2.24) is 19.8 Å². The van der Waals surface area contributed by atoms with Crippen LogP contribution in [0.4, 0.5) is 22.0 Å². The van der Waals surface area contributed by atoms with Gasteiger partial charge in [-0.05, 0) is 58.9 Å². The number of piperidine rings is 1. The van der Waals surface area contributed by atoms with Crippen LogP contribution in [0.2, 0.25) is 0 Å². The molecule has 2 aliphatic rings. The van der Waals surface area contributed by atoms with Crippen LogP contribution in [0.1, 0.15) is 70.3 Å². The average molecular weight is 799 g/mol. The average Bonchev–Trinajstić information content (AvgIpc) is 3.60. The van der Waals surface area contributed by atoms with Gasteiger partial charge in [-0.2, -0.15) is 0 Å². The number of aromatic nitrogens is 2. The number of H-pyrrole nitrogens is 1. The Bertz CT molecular complexity index is 2470. The van der Waals surface area contributed by atoms with Crippen LogP contribution in [0, 0.1) is 29.1 Å². The number of hydrogen-bond acceptors (Lipinski definition) is 6. The molecular weight excluding hydrogens is 759 g/mol. The number of benzene rings is 5. The lowest BCUT2D eigenvalue weighted by Crippen LogP contribution is -2.43. The fourth-order valence-electron chi connectivity index (χ4n) is 7.89. The van der Waals surface area contributed by atoms with Crippen LogP contribution in [0.25, 0.3) is 22.2 Å². The molecule has 3 heterocycles. The zero-order valence-corrected chi connectivity index (χ0v) is 31.1. The first kappa shape index (κ1) is 39.2. The number of para-hydroxylation sites is 2. The maximum absolute atomic E-state index is 14.2. The molecule has 0 saturated carbocycles. The monoisotopic (exact) mass is 798 g/mol. The number of ether oxygens (including phenoxy) is 2. The van der Waals surface area contributed by atoms with E-state index < -0.39 is 46.8 Å². The summed E-state index contributed by atoms with van der Waals surface area (Å²) in [6, 6.07) is 30.0. The fraction of sp³-hybridized carbons (Fsp3) is 0.273. The SMILES string of the molecule is O=C(NCc1cccc(-c2ccc([C@@H]3O[C@H](CN4CCC(n5c(=O)[nH]c6ccccc65)CC4)C[C@H](c4ccc(CO)cc4)O3)cc2)c1)c1c(F)c(F)c(F)c(F)c1F. The summed E-state index contributed by atoms with van der Waals surface area (Å²) in [6.45, 7) is 1.96. The predicted molar refractivity (Wildman–Crippen MR) is 205 cm³/mol. The number of amides is 1. The predicted octanol–water partition coefficient (Wildman–Crippen LogP) is 8.00. The molecule has 2 saturated heterocycles. The molecule has 58 heavy (non-hydrogen) atoms. The van der Waals surface area contributed by atoms with Crippen LogP contribution in [0.15, 0.2) is 102 Å². The lowest BCUT2D eigenvalue weighted by atomic mass is 9.98. The quantitative estimate of drug-likeness (QED) is 0.0737. The first-order chi connectivity index (χ1) is 28.1. The molecule has 0 aliphatic carbocycles. The Morgan fingerprint density at radius 3 is 2.14 bits per heavy atom. The maximum Gasteiger partial charge on any atom is 0.326 e. The standard InChI is InChI=1S/C44H39F5N4O5/c45-37-36(38(46)40(48)41(49)39(37)47)42(55)50-22-26-4-3-5-30(20-26)27-12-14-29(15-13-27)43-57-32(21-35(58-43)28-10-8-25(24-54)9-11-28)23-52-18-16-31(17-19-52)53-34-7-2-1-6-33(34)51-44(53)56/h1-15,20,31-32,35,43,54H,16-19,21-24H2,(H,50,55)(H,51,56)/t32-,35+,43+/m0/s1. The van der Waals surface area contributed by atoms with E-state index in [-0.39, 0.29) is 37.1 Å². The molecule has 2 fully saturated rings. The first-order valence-electron chi connectivity index (χ1n) is 19.0. The molecule has 5 aromatic carbocycles. The van der Waals surface area contributed by atoms with E-state index in [1.54, 1.807) is 18.2 Å². The number of rotatable bonds is 10. The Morgan fingerprint density at radius 2 is 1.43 bits per heavy atom. The Kier molecular flexibility index (Phi) is 11.3. The number of halogens is 5. The van der Waals surface area contributed by atoms with Gasteiger partial charge in [0.05, 0.1) is 29.8 Å². The van der Waals surface area contributed by atoms with Crippen molar-refractivity contribution in [2.45, 2.75) is 57.0 Å². The van der Waals surface area contributed by atoms with E-state index in [4.69, 9.17) is 9.47 Å². The zero-order chi connectivity index (χ0) is 40.5. The van der Waals surface area contributed by atoms with Gasteiger partial charge in [0.2, 0.25) is 5.82 Å². The largest absolute Gasteiger partial charge is 0.392 e. The Hall–Kier alpha value is -5.67. The van der Waals surface area contributed by atoms with E-state index in [0.29, 0.717) is 18.5 Å². The van der Waals surface area contributed by atoms with Gasteiger partial charge in [-0.15, -0.1) is 0 Å². The zero-order valence-electron chi connectivity index (χ0n) is 31.1. The van der Waals surface area contributed by atoms with Gasteiger partial charge < -0.3 is 29.8 Å². The summed E-state index contributed by atoms with van der Waals surface area (Å²) in [5, 5.41) is 11.8. The number of aromatic amines is 1. The molecule has 0 unspecified atom stereocenters. The third kappa shape index (κ3) is 7.92. The molecule has 9 nitrogen and oxygen atoms in total. The highest BCUT2D eigenvalue weighted by atomic mass is 19.2. The third-order valence-corrected chi connectivity index (χ3v) is 11.0. The van der Waals surface area contributed by atoms with Gasteiger partial charge in [-0.3, -0.25) is 9.36 Å². The van der Waals surface area contributed by atoms with Gasteiger partial charge in [0.15, 0.2) is 29.6 Å². The molecule has 0 bridgehead atoms. The van der Waals surface area contributed by atoms with Crippen molar-refractivity contribution in [1.29, 1.82) is 0 Å². The maximum atomic E-state index is 14.2. The highest BCUT2D eigenvalue weighted by Gasteiger charge is 2.35. The van der Waals surface area contributed by atoms with E-state index in [0.717, 1.165) is 64.8 Å². The molecule has 8 rings (SSSR count). The highest BCUT2D eigenvalue weighted by Crippen LogP contribution is 2.39. The minimum absolute atomic E-state index is 0.0664. The van der Waals surface area contributed by atoms with Crippen LogP contribution >= 0.6 is 0 Å². The summed E-state index contributed by atoms with van der Waals surface area (Å²) in [4.78, 5) is 30.7. The van der Waals surface area contributed by atoms with Gasteiger partial charge in [0.1, 0.15) is 5.56 Å². The van der Waals surface area contributed by atoms with Crippen molar-refractivity contribution in [2.75, 3.05) is 19.6 Å². The van der Waals surface area contributed by atoms with Crippen molar-refractivity contribution < 1.29 is 41.3 Å². The van der Waals surface area contributed by atoms with Crippen LogP contribution in [0.5, 0.6) is 0 Å². The lowest BCUT2D eigenvalue weighted by Gasteiger charge is -2.40. The van der Waals surface area contributed by atoms with Gasteiger partial charge >= 0.3 is 5.69 Å². The first-order valence-corrected chi connectivity index (χ1v) is 19.0. The smallest absolute Gasteiger partial charge is 0.326 e. The lowest BCUT2D eigenvalue weighted by molar-refractivity contribution is -0.253. The minimum Gasteiger partial charge on any atom is -0.392 e. The Morgan fingerprint density at radius 1 is 0.759 bits per heavy atom. The molecule has 1 aromatic heterocycles. The summed E-state index contributed by atoms with van der Waals surface area (Å²) < 4.78 is 84.2. The Balaban J connectivity index is 0.951. The molecule has 300 valence electrons. The molecule has 6 aromatic rings. The van der Waals surface area contributed by atoms with Crippen molar-refractivity contribution in [2.24, 2.45) is 0 Å². The number of hydrogen-bond donors (Lipinski definition) is 3. The molecule has 1 amide bonds. The third-order valence-electron chi connectivity index (χ3n) is 11.0. The van der Waals surface area contributed by atoms with Crippen LogP contribution < -0.4 is 11.0 Å². The minimum atomic E-state index is -2.34. The number of aliphatic hydroxyl groups is 1. The number of fused-ring (bicyclic) bond motifs is 1. The van der Waals surface area contributed by atoms with Crippen LogP contribution in [-0.4, -0.2) is 51.2 Å². The number of aliphatic hydroxyl groups excluding tert-OH is 1. The number of carbonyl (C=O) groups is 1. The van der Waals surface area contributed by atoms with Crippen molar-refractivity contribution >= 4 is 16.9 Å². The van der Waals surface area contributed by atoms with Crippen molar-refractivity contribution in [3.8, 4) is 11.1 Å². The van der Waals surface area contributed by atoms with Gasteiger partial charge in [0, 0.05) is 44.2 Å². The van der Waals surface area contributed by atoms with E-state index >= 15 is 0 Å². The number of likely N-dealkylation sites (tertiary alicyclic amines) is 1. The number of imidazole rings is 1. The van der Waals surface area contributed by atoms with E-state index in [9.17, 15) is 36.6 Å². The van der Waals surface area contributed by atoms with Crippen LogP contribution in [-0.2, 0) is 22.6 Å². The summed E-state index contributed by atoms with van der Waals surface area (Å²) in [7, 11) is 0. The second kappa shape index (κ2) is 16.7. The molecule has 14 heteroatoms. The highest BCUT2D eigenvalue weighted by molar-refractivity contribution is 5.94. The van der Waals surface area contributed by atoms with Gasteiger partial charge in [-0.25, -0.2) is 26.7 Å². The number of carbonyl (C=O) groups excluding carboxylic acids is 1. The fourth-order valence-corrected chi connectivity index (χ4v) is 7.89. The molecule has 3 N–H and O–H groups in total. The van der Waals surface area contributed by atoms with E-state index in [1.165, 1.54) is 0 Å². The van der Waals surface area contributed by atoms with E-state index in [2.05, 4.69) is 15.2 Å². The van der Waals surface area contributed by atoms with Crippen molar-refractivity contribution in [3.05, 3.63) is 164 Å². The van der Waals surface area contributed by atoms with Gasteiger partial charge in [0.25, 0.3) is 5.91 Å².